The predicted molar refractivity (Wildman–Crippen MR) is 178 cm³/mol. The van der Waals surface area contributed by atoms with E-state index < -0.39 is 30.1 Å². The highest BCUT2D eigenvalue weighted by molar-refractivity contribution is 14.1. The average Bonchev–Trinajstić information content (AvgIpc) is 3.01. The van der Waals surface area contributed by atoms with Gasteiger partial charge in [0.25, 0.3) is 5.91 Å². The molecule has 1 aromatic heterocycles. The van der Waals surface area contributed by atoms with Crippen LogP contribution in [0.2, 0.25) is 0 Å². The highest BCUT2D eigenvalue weighted by atomic mass is 125. The molecular weight excluding hydrogens is 711 g/mol. The molecule has 0 radical (unpaired) electrons. The Hall–Kier alpha value is -3.50. The molecule has 1 rings (SSSR count). The van der Waals surface area contributed by atoms with Crippen molar-refractivity contribution < 1.29 is 43.7 Å². The van der Waals surface area contributed by atoms with E-state index in [9.17, 15) is 33.9 Å². The van der Waals surface area contributed by atoms with E-state index in [0.717, 1.165) is 29.3 Å². The van der Waals surface area contributed by atoms with Crippen LogP contribution in [0.3, 0.4) is 0 Å². The first-order valence-electron chi connectivity index (χ1n) is 15.9. The summed E-state index contributed by atoms with van der Waals surface area (Å²) in [4.78, 5) is 74.7. The maximum atomic E-state index is 12.2. The van der Waals surface area contributed by atoms with E-state index in [-0.39, 0.29) is 37.2 Å². The van der Waals surface area contributed by atoms with Gasteiger partial charge in [-0.25, -0.2) is 14.4 Å². The molecule has 6 N–H and O–H groups in total. The van der Waals surface area contributed by atoms with Gasteiger partial charge in [-0.05, 0) is 86.4 Å². The van der Waals surface area contributed by atoms with Gasteiger partial charge in [0.15, 0.2) is 0 Å². The van der Waals surface area contributed by atoms with Gasteiger partial charge in [0.05, 0.1) is 12.2 Å². The van der Waals surface area contributed by atoms with E-state index in [0.29, 0.717) is 70.0 Å². The van der Waals surface area contributed by atoms with Crippen molar-refractivity contribution in [2.75, 3.05) is 19.7 Å². The molecule has 0 fully saturated rings. The van der Waals surface area contributed by atoms with E-state index in [1.54, 1.807) is 12.3 Å². The molecule has 1 aromatic rings. The van der Waals surface area contributed by atoms with Crippen molar-refractivity contribution >= 4 is 58.3 Å². The molecule has 0 saturated carbocycles. The van der Waals surface area contributed by atoms with Gasteiger partial charge in [0.1, 0.15) is 12.1 Å². The zero-order valence-electron chi connectivity index (χ0n) is 26.5. The van der Waals surface area contributed by atoms with Crippen LogP contribution in [0.15, 0.2) is 18.5 Å². The lowest BCUT2D eigenvalue weighted by Crippen LogP contribution is -2.41. The van der Waals surface area contributed by atoms with E-state index in [1.807, 2.05) is 6.92 Å². The number of carbonyl (C=O) groups is 6. The molecule has 1 heterocycles. The van der Waals surface area contributed by atoms with Crippen molar-refractivity contribution in [1.29, 1.82) is 0 Å². The number of nitrogens with one attached hydrogen (secondary N) is 4. The molecule has 258 valence electrons. The average molecular weight is 760 g/mol. The number of hydrogen-bond donors (Lipinski definition) is 6. The maximum Gasteiger partial charge on any atom is 0.407 e. The molecule has 4 amide bonds. The molecule has 0 aliphatic carbocycles. The number of hydrogen-bond acceptors (Lipinski definition) is 8. The van der Waals surface area contributed by atoms with Crippen molar-refractivity contribution in [3.8, 4) is 0 Å². The number of aliphatic carboxylic acids is 2. The van der Waals surface area contributed by atoms with Crippen LogP contribution in [0.25, 0.3) is 0 Å². The summed E-state index contributed by atoms with van der Waals surface area (Å²) in [6, 6.07) is -0.216. The molecule has 0 aliphatic rings. The van der Waals surface area contributed by atoms with E-state index in [1.165, 1.54) is 6.20 Å². The Kier molecular flexibility index (Phi) is 21.8. The zero-order valence-corrected chi connectivity index (χ0v) is 28.6. The first-order chi connectivity index (χ1) is 22.0. The zero-order chi connectivity index (χ0) is 34.2. The first kappa shape index (κ1) is 40.5. The molecular formula is C31H48IN5O9. The molecule has 1 unspecified atom stereocenters. The Morgan fingerprint density at radius 2 is 1.37 bits per heavy atom. The third-order valence-electron chi connectivity index (χ3n) is 6.91. The van der Waals surface area contributed by atoms with Crippen molar-refractivity contribution in [2.24, 2.45) is 0 Å². The van der Waals surface area contributed by atoms with Gasteiger partial charge >= 0.3 is 18.0 Å². The number of rotatable bonds is 25. The maximum absolute atomic E-state index is 12.2. The SMILES string of the molecule is CCC[C@H](NC(=O)OCCCCCNC(=O)CCCCCCC(=O)NC(CCCCNC(=O)c1cncc([125I])c1)C(=O)O)C(=O)O. The van der Waals surface area contributed by atoms with Crippen LogP contribution in [-0.2, 0) is 23.9 Å². The van der Waals surface area contributed by atoms with Crippen molar-refractivity contribution in [3.05, 3.63) is 27.6 Å². The summed E-state index contributed by atoms with van der Waals surface area (Å²) >= 11 is 2.07. The summed E-state index contributed by atoms with van der Waals surface area (Å²) in [5.74, 6) is -2.81. The number of amides is 4. The first-order valence-corrected chi connectivity index (χ1v) is 16.9. The topological polar surface area (TPSA) is 213 Å². The van der Waals surface area contributed by atoms with E-state index in [4.69, 9.17) is 9.84 Å². The van der Waals surface area contributed by atoms with Crippen molar-refractivity contribution in [1.82, 2.24) is 26.3 Å². The fraction of sp³-hybridized carbons (Fsp3) is 0.645. The van der Waals surface area contributed by atoms with Crippen molar-refractivity contribution in [3.63, 3.8) is 0 Å². The molecule has 0 spiro atoms. The van der Waals surface area contributed by atoms with Gasteiger partial charge in [-0.1, -0.05) is 26.2 Å². The fourth-order valence-corrected chi connectivity index (χ4v) is 4.87. The second-order valence-electron chi connectivity index (χ2n) is 10.9. The minimum atomic E-state index is -1.09. The molecule has 2 atom stereocenters. The van der Waals surface area contributed by atoms with Crippen LogP contribution in [-0.4, -0.2) is 82.7 Å². The number of pyridine rings is 1. The number of carboxylic acids is 2. The second-order valence-corrected chi connectivity index (χ2v) is 12.1. The normalized spacial score (nSPS) is 12.0. The summed E-state index contributed by atoms with van der Waals surface area (Å²) in [5.41, 5.74) is 0.462. The number of aromatic nitrogens is 1. The Labute approximate surface area is 283 Å². The van der Waals surface area contributed by atoms with Gasteiger partial charge in [0, 0.05) is 41.9 Å². The number of ether oxygens (including phenoxy) is 1. The summed E-state index contributed by atoms with van der Waals surface area (Å²) in [6.45, 7) is 2.89. The standard InChI is InChI=1S/C31H48IN5O9/c1-2-12-24(29(41)42)37-31(45)46-18-11-5-9-16-34-26(38)14-6-3-4-7-15-27(39)36-25(30(43)44)13-8-10-17-35-28(40)22-19-23(32)21-33-20-22/h19-21,24-25H,2-18H2,1H3,(H,34,38)(H,35,40)(H,36,39)(H,37,45)(H,41,42)(H,43,44)/t24-,25?/m0/s1/i32-2. The van der Waals surface area contributed by atoms with Gasteiger partial charge in [-0.15, -0.1) is 0 Å². The predicted octanol–water partition coefficient (Wildman–Crippen LogP) is 3.76. The van der Waals surface area contributed by atoms with Crippen LogP contribution in [0, 0.1) is 3.57 Å². The van der Waals surface area contributed by atoms with Crippen LogP contribution >= 0.6 is 22.6 Å². The third-order valence-corrected chi connectivity index (χ3v) is 7.50. The third kappa shape index (κ3) is 19.8. The fourth-order valence-electron chi connectivity index (χ4n) is 4.38. The molecule has 14 nitrogen and oxygen atoms in total. The van der Waals surface area contributed by atoms with Gasteiger partial charge in [-0.3, -0.25) is 19.4 Å². The van der Waals surface area contributed by atoms with Crippen molar-refractivity contribution in [2.45, 2.75) is 109 Å². The quantitative estimate of drug-likeness (QED) is 0.0628. The Balaban J connectivity index is 2.04. The van der Waals surface area contributed by atoms with Gasteiger partial charge in [-0.2, -0.15) is 0 Å². The minimum Gasteiger partial charge on any atom is -0.480 e. The Morgan fingerprint density at radius 1 is 0.761 bits per heavy atom. The van der Waals surface area contributed by atoms with E-state index >= 15 is 0 Å². The summed E-state index contributed by atoms with van der Waals surface area (Å²) < 4.78 is 5.86. The second kappa shape index (κ2) is 24.7. The molecule has 0 saturated heterocycles. The van der Waals surface area contributed by atoms with Crippen LogP contribution in [0.1, 0.15) is 107 Å². The Bertz CT molecular complexity index is 1120. The molecule has 0 bridgehead atoms. The smallest absolute Gasteiger partial charge is 0.407 e. The minimum absolute atomic E-state index is 0.0558. The number of nitrogens with zero attached hydrogens (tertiary/aromatic N) is 1. The number of unbranched alkanes of at least 4 members (excludes halogenated alkanes) is 6. The highest BCUT2D eigenvalue weighted by Gasteiger charge is 2.20. The summed E-state index contributed by atoms with van der Waals surface area (Å²) in [5, 5.41) is 29.0. The largest absolute Gasteiger partial charge is 0.480 e. The summed E-state index contributed by atoms with van der Waals surface area (Å²) in [7, 11) is 0. The Morgan fingerprint density at radius 3 is 2.02 bits per heavy atom. The number of halogens is 1. The van der Waals surface area contributed by atoms with Gasteiger partial charge < -0.3 is 36.2 Å². The lowest BCUT2D eigenvalue weighted by atomic mass is 10.1. The highest BCUT2D eigenvalue weighted by Crippen LogP contribution is 2.08. The molecule has 0 aromatic carbocycles. The van der Waals surface area contributed by atoms with Crippen LogP contribution in [0.5, 0.6) is 0 Å². The van der Waals surface area contributed by atoms with Crippen LogP contribution < -0.4 is 21.3 Å². The summed E-state index contributed by atoms with van der Waals surface area (Å²) in [6.07, 6.45) is 10.1. The number of carbonyl (C=O) groups excluding carboxylic acids is 4. The monoisotopic (exact) mass is 759 g/mol. The lowest BCUT2D eigenvalue weighted by Gasteiger charge is -2.14. The number of alkyl carbamates (subject to hydrolysis) is 1. The van der Waals surface area contributed by atoms with E-state index in [2.05, 4.69) is 48.8 Å². The molecule has 15 heteroatoms. The number of carboxylic acid groups (broad SMARTS) is 2. The molecule has 0 aliphatic heterocycles. The van der Waals surface area contributed by atoms with Gasteiger partial charge in [0.2, 0.25) is 11.8 Å². The molecule has 46 heavy (non-hydrogen) atoms. The van der Waals surface area contributed by atoms with Crippen LogP contribution in [0.4, 0.5) is 4.79 Å². The lowest BCUT2D eigenvalue weighted by molar-refractivity contribution is -0.142.